The summed E-state index contributed by atoms with van der Waals surface area (Å²) in [5.41, 5.74) is 0.681. The minimum Gasteiger partial charge on any atom is -0.497 e. The summed E-state index contributed by atoms with van der Waals surface area (Å²) >= 11 is 1.19. The van der Waals surface area contributed by atoms with Gasteiger partial charge in [0.25, 0.3) is 5.22 Å². The van der Waals surface area contributed by atoms with Crippen LogP contribution in [-0.2, 0) is 9.53 Å². The Balaban J connectivity index is 1.83. The molecule has 0 saturated heterocycles. The normalized spacial score (nSPS) is 10.9. The lowest BCUT2D eigenvalue weighted by atomic mass is 10.2. The molecule has 1 aromatic carbocycles. The Kier molecular flexibility index (Phi) is 8.41. The van der Waals surface area contributed by atoms with E-state index in [0.717, 1.165) is 6.42 Å². The quantitative estimate of drug-likeness (QED) is 0.458. The number of amides is 1. The Morgan fingerprint density at radius 3 is 2.52 bits per heavy atom. The molecule has 0 aliphatic carbocycles. The summed E-state index contributed by atoms with van der Waals surface area (Å²) in [4.78, 5) is 11.9. The van der Waals surface area contributed by atoms with Gasteiger partial charge in [-0.2, -0.15) is 0 Å². The maximum absolute atomic E-state index is 11.9. The molecule has 2 rings (SSSR count). The molecule has 8 nitrogen and oxygen atoms in total. The van der Waals surface area contributed by atoms with Crippen LogP contribution in [0.4, 0.5) is 0 Å². The fourth-order valence-electron chi connectivity index (χ4n) is 2.11. The maximum Gasteiger partial charge on any atom is 0.277 e. The van der Waals surface area contributed by atoms with Crippen LogP contribution in [0.3, 0.4) is 0 Å². The van der Waals surface area contributed by atoms with Crippen molar-refractivity contribution in [3.8, 4) is 23.0 Å². The third-order valence-electron chi connectivity index (χ3n) is 3.43. The molecule has 0 saturated carbocycles. The van der Waals surface area contributed by atoms with Gasteiger partial charge in [0, 0.05) is 24.8 Å². The van der Waals surface area contributed by atoms with Crippen LogP contribution in [0.15, 0.2) is 27.8 Å². The number of nitrogens with zero attached hydrogens (tertiary/aromatic N) is 2. The molecule has 1 amide bonds. The average molecular weight is 395 g/mol. The first-order valence-corrected chi connectivity index (χ1v) is 9.58. The van der Waals surface area contributed by atoms with Crippen LogP contribution in [-0.4, -0.2) is 55.3 Å². The van der Waals surface area contributed by atoms with Crippen LogP contribution < -0.4 is 14.8 Å². The third-order valence-corrected chi connectivity index (χ3v) is 4.24. The Hall–Kier alpha value is -2.26. The van der Waals surface area contributed by atoms with Crippen molar-refractivity contribution < 1.29 is 23.4 Å². The molecule has 0 bridgehead atoms. The van der Waals surface area contributed by atoms with E-state index < -0.39 is 0 Å². The van der Waals surface area contributed by atoms with Crippen LogP contribution in [0.5, 0.6) is 11.5 Å². The second-order valence-electron chi connectivity index (χ2n) is 5.89. The zero-order valence-electron chi connectivity index (χ0n) is 16.0. The molecule has 0 fully saturated rings. The molecular weight excluding hydrogens is 370 g/mol. The minimum absolute atomic E-state index is 0.0904. The van der Waals surface area contributed by atoms with Gasteiger partial charge in [0.05, 0.1) is 26.1 Å². The van der Waals surface area contributed by atoms with E-state index in [4.69, 9.17) is 18.6 Å². The zero-order chi connectivity index (χ0) is 19.6. The summed E-state index contributed by atoms with van der Waals surface area (Å²) in [5.74, 6) is 1.69. The van der Waals surface area contributed by atoms with E-state index in [1.807, 2.05) is 13.8 Å². The van der Waals surface area contributed by atoms with Crippen LogP contribution in [0, 0.1) is 0 Å². The molecule has 2 aromatic rings. The van der Waals surface area contributed by atoms with E-state index in [2.05, 4.69) is 15.5 Å². The van der Waals surface area contributed by atoms with Gasteiger partial charge in [0.2, 0.25) is 11.8 Å². The highest BCUT2D eigenvalue weighted by atomic mass is 32.2. The summed E-state index contributed by atoms with van der Waals surface area (Å²) in [5, 5.41) is 11.1. The average Bonchev–Trinajstić information content (AvgIpc) is 3.14. The Morgan fingerprint density at radius 1 is 1.19 bits per heavy atom. The molecule has 27 heavy (non-hydrogen) atoms. The first-order chi connectivity index (χ1) is 13.0. The minimum atomic E-state index is -0.0904. The Labute approximate surface area is 163 Å². The highest BCUT2D eigenvalue weighted by Crippen LogP contribution is 2.30. The van der Waals surface area contributed by atoms with Gasteiger partial charge < -0.3 is 23.9 Å². The van der Waals surface area contributed by atoms with Gasteiger partial charge in [0.15, 0.2) is 0 Å². The lowest BCUT2D eigenvalue weighted by Gasteiger charge is -2.07. The first-order valence-electron chi connectivity index (χ1n) is 8.60. The molecule has 0 atom stereocenters. The van der Waals surface area contributed by atoms with E-state index >= 15 is 0 Å². The summed E-state index contributed by atoms with van der Waals surface area (Å²) in [6.07, 6.45) is 0.976. The molecule has 148 valence electrons. The predicted molar refractivity (Wildman–Crippen MR) is 102 cm³/mol. The molecule has 9 heteroatoms. The van der Waals surface area contributed by atoms with Crippen LogP contribution in [0.25, 0.3) is 11.5 Å². The number of nitrogens with one attached hydrogen (secondary N) is 1. The zero-order valence-corrected chi connectivity index (χ0v) is 16.8. The van der Waals surface area contributed by atoms with Gasteiger partial charge in [-0.3, -0.25) is 4.79 Å². The topological polar surface area (TPSA) is 95.7 Å². The van der Waals surface area contributed by atoms with E-state index in [1.54, 1.807) is 32.4 Å². The number of aromatic nitrogens is 2. The van der Waals surface area contributed by atoms with Gasteiger partial charge in [0.1, 0.15) is 11.5 Å². The Bertz CT molecular complexity index is 713. The molecule has 0 aliphatic heterocycles. The number of methoxy groups -OCH3 is 2. The van der Waals surface area contributed by atoms with Crippen molar-refractivity contribution in [3.63, 3.8) is 0 Å². The number of carbonyl (C=O) groups excluding carboxylic acids is 1. The molecule has 0 spiro atoms. The van der Waals surface area contributed by atoms with E-state index in [9.17, 15) is 4.79 Å². The van der Waals surface area contributed by atoms with Gasteiger partial charge in [-0.15, -0.1) is 10.2 Å². The van der Waals surface area contributed by atoms with Gasteiger partial charge >= 0.3 is 0 Å². The molecule has 1 heterocycles. The largest absolute Gasteiger partial charge is 0.497 e. The summed E-state index contributed by atoms with van der Waals surface area (Å²) in [7, 11) is 3.14. The second-order valence-corrected chi connectivity index (χ2v) is 6.81. The van der Waals surface area contributed by atoms with Crippen molar-refractivity contribution in [2.24, 2.45) is 0 Å². The molecule has 1 N–H and O–H groups in total. The maximum atomic E-state index is 11.9. The van der Waals surface area contributed by atoms with Crippen LogP contribution in [0.1, 0.15) is 20.3 Å². The number of hydrogen-bond donors (Lipinski definition) is 1. The van der Waals surface area contributed by atoms with Crippen molar-refractivity contribution in [2.45, 2.75) is 31.6 Å². The first kappa shape index (κ1) is 21.0. The van der Waals surface area contributed by atoms with E-state index in [1.165, 1.54) is 11.8 Å². The van der Waals surface area contributed by atoms with E-state index in [-0.39, 0.29) is 17.8 Å². The second kappa shape index (κ2) is 10.8. The number of hydrogen-bond acceptors (Lipinski definition) is 8. The fourth-order valence-corrected chi connectivity index (χ4v) is 2.71. The number of benzene rings is 1. The summed E-state index contributed by atoms with van der Waals surface area (Å²) in [6, 6.07) is 5.30. The van der Waals surface area contributed by atoms with Gasteiger partial charge in [-0.25, -0.2) is 0 Å². The molecule has 0 aliphatic rings. The molecule has 1 aromatic heterocycles. The SMILES string of the molecule is COc1cc(OC)cc(-c2nnc(SCC(=O)NCCCOC(C)C)o2)c1. The van der Waals surface area contributed by atoms with Crippen molar-refractivity contribution in [2.75, 3.05) is 33.1 Å². The van der Waals surface area contributed by atoms with Gasteiger partial charge in [-0.1, -0.05) is 11.8 Å². The van der Waals surface area contributed by atoms with Crippen LogP contribution >= 0.6 is 11.8 Å². The molecule has 0 radical (unpaired) electrons. The highest BCUT2D eigenvalue weighted by Gasteiger charge is 2.13. The van der Waals surface area contributed by atoms with Crippen molar-refractivity contribution >= 4 is 17.7 Å². The summed E-state index contributed by atoms with van der Waals surface area (Å²) in [6.45, 7) is 5.16. The molecule has 0 unspecified atom stereocenters. The summed E-state index contributed by atoms with van der Waals surface area (Å²) < 4.78 is 21.5. The monoisotopic (exact) mass is 395 g/mol. The predicted octanol–water partition coefficient (Wildman–Crippen LogP) is 2.78. The number of thioether (sulfide) groups is 1. The standard InChI is InChI=1S/C18H25N3O5S/c1-12(2)25-7-5-6-19-16(22)11-27-18-21-20-17(26-18)13-8-14(23-3)10-15(9-13)24-4/h8-10,12H,5-7,11H2,1-4H3,(H,19,22). The third kappa shape index (κ3) is 7.10. The molecular formula is C18H25N3O5S. The smallest absolute Gasteiger partial charge is 0.277 e. The van der Waals surface area contributed by atoms with E-state index in [0.29, 0.717) is 41.3 Å². The number of carbonyl (C=O) groups is 1. The number of rotatable bonds is 11. The van der Waals surface area contributed by atoms with Crippen molar-refractivity contribution in [1.82, 2.24) is 15.5 Å². The highest BCUT2D eigenvalue weighted by molar-refractivity contribution is 7.99. The lowest BCUT2D eigenvalue weighted by Crippen LogP contribution is -2.27. The Morgan fingerprint density at radius 2 is 1.89 bits per heavy atom. The fraction of sp³-hybridized carbons (Fsp3) is 0.500. The van der Waals surface area contributed by atoms with Crippen molar-refractivity contribution in [1.29, 1.82) is 0 Å². The van der Waals surface area contributed by atoms with Crippen LogP contribution in [0.2, 0.25) is 0 Å². The van der Waals surface area contributed by atoms with Gasteiger partial charge in [-0.05, 0) is 32.4 Å². The van der Waals surface area contributed by atoms with Crippen molar-refractivity contribution in [3.05, 3.63) is 18.2 Å². The lowest BCUT2D eigenvalue weighted by molar-refractivity contribution is -0.118. The number of ether oxygens (including phenoxy) is 3.